The molecule has 158 valence electrons. The zero-order chi connectivity index (χ0) is 19.4. The number of rotatable bonds is 7. The Morgan fingerprint density at radius 1 is 1.18 bits per heavy atom. The van der Waals surface area contributed by atoms with E-state index in [1.807, 2.05) is 27.7 Å². The van der Waals surface area contributed by atoms with E-state index in [0.29, 0.717) is 25.3 Å². The molecule has 0 aromatic carbocycles. The van der Waals surface area contributed by atoms with Crippen LogP contribution >= 0.6 is 24.8 Å². The lowest BCUT2D eigenvalue weighted by molar-refractivity contribution is 0.0955. The van der Waals surface area contributed by atoms with Crippen LogP contribution in [0.4, 0.5) is 0 Å². The molecule has 3 N–H and O–H groups in total. The molecule has 8 nitrogen and oxygen atoms in total. The van der Waals surface area contributed by atoms with E-state index < -0.39 is 11.2 Å². The maximum Gasteiger partial charge on any atom is 0.330 e. The van der Waals surface area contributed by atoms with Crippen LogP contribution in [0.5, 0.6) is 0 Å². The van der Waals surface area contributed by atoms with Crippen LogP contribution in [-0.4, -0.2) is 40.6 Å². The van der Waals surface area contributed by atoms with Crippen LogP contribution in [0.25, 0.3) is 11.0 Å². The van der Waals surface area contributed by atoms with Gasteiger partial charge in [0.25, 0.3) is 11.5 Å². The molecule has 0 spiro atoms. The number of amides is 1. The van der Waals surface area contributed by atoms with Gasteiger partial charge in [-0.15, -0.1) is 24.8 Å². The average molecular weight is 434 g/mol. The van der Waals surface area contributed by atoms with E-state index in [1.54, 1.807) is 13.1 Å². The molecule has 0 unspecified atom stereocenters. The van der Waals surface area contributed by atoms with Gasteiger partial charge >= 0.3 is 5.69 Å². The number of hydrogen-bond donors (Lipinski definition) is 3. The van der Waals surface area contributed by atoms with Gasteiger partial charge in [-0.3, -0.25) is 19.1 Å². The number of nitrogens with one attached hydrogen (secondary N) is 3. The minimum Gasteiger partial charge on any atom is -0.351 e. The number of H-pyrrole nitrogens is 1. The van der Waals surface area contributed by atoms with E-state index in [1.165, 1.54) is 4.57 Å². The average Bonchev–Trinajstić information content (AvgIpc) is 2.57. The summed E-state index contributed by atoms with van der Waals surface area (Å²) in [6.07, 6.45) is 0. The van der Waals surface area contributed by atoms with Crippen molar-refractivity contribution in [2.24, 2.45) is 5.92 Å². The van der Waals surface area contributed by atoms with E-state index in [9.17, 15) is 14.4 Å². The number of halogens is 2. The molecule has 0 atom stereocenters. The molecule has 2 aromatic heterocycles. The van der Waals surface area contributed by atoms with E-state index >= 15 is 0 Å². The van der Waals surface area contributed by atoms with Crippen molar-refractivity contribution < 1.29 is 4.79 Å². The van der Waals surface area contributed by atoms with Gasteiger partial charge in [0.15, 0.2) is 5.65 Å². The van der Waals surface area contributed by atoms with Crippen LogP contribution in [0.2, 0.25) is 0 Å². The molecular formula is C18H29Cl2N5O3. The van der Waals surface area contributed by atoms with E-state index in [-0.39, 0.29) is 59.2 Å². The number of nitrogens with zero attached hydrogens (tertiary/aromatic N) is 2. The fraction of sp³-hybridized carbons (Fsp3) is 0.556. The molecule has 0 aliphatic rings. The van der Waals surface area contributed by atoms with Crippen molar-refractivity contribution in [1.82, 2.24) is 25.2 Å². The van der Waals surface area contributed by atoms with Gasteiger partial charge in [0.2, 0.25) is 0 Å². The number of pyridine rings is 1. The van der Waals surface area contributed by atoms with Crippen molar-refractivity contribution in [3.8, 4) is 0 Å². The van der Waals surface area contributed by atoms with Crippen LogP contribution in [0.15, 0.2) is 15.7 Å². The second kappa shape index (κ2) is 11.2. The Kier molecular flexibility index (Phi) is 10.4. The Morgan fingerprint density at radius 2 is 1.82 bits per heavy atom. The third-order valence-corrected chi connectivity index (χ3v) is 4.01. The Morgan fingerprint density at radius 3 is 2.36 bits per heavy atom. The summed E-state index contributed by atoms with van der Waals surface area (Å²) >= 11 is 0. The number of aromatic nitrogens is 3. The number of likely N-dealkylation sites (N-methyl/N-ethyl adjacent to an activating group) is 1. The fourth-order valence-electron chi connectivity index (χ4n) is 2.70. The molecule has 0 fully saturated rings. The number of carbonyl (C=O) groups excluding carboxylic acids is 1. The molecular weight excluding hydrogens is 405 g/mol. The lowest BCUT2D eigenvalue weighted by Crippen LogP contribution is -2.35. The first-order chi connectivity index (χ1) is 12.3. The zero-order valence-electron chi connectivity index (χ0n) is 16.8. The van der Waals surface area contributed by atoms with Gasteiger partial charge in [-0.2, -0.15) is 0 Å². The fourth-order valence-corrected chi connectivity index (χ4v) is 2.70. The maximum atomic E-state index is 12.7. The zero-order valence-corrected chi connectivity index (χ0v) is 18.4. The summed E-state index contributed by atoms with van der Waals surface area (Å²) in [6, 6.07) is 1.64. The van der Waals surface area contributed by atoms with Gasteiger partial charge in [0.05, 0.1) is 10.9 Å². The number of hydrogen-bond acceptors (Lipinski definition) is 5. The molecule has 10 heteroatoms. The number of fused-ring (bicyclic) bond motifs is 1. The van der Waals surface area contributed by atoms with E-state index in [0.717, 1.165) is 0 Å². The Labute approximate surface area is 176 Å². The first-order valence-electron chi connectivity index (χ1n) is 8.86. The quantitative estimate of drug-likeness (QED) is 0.575. The van der Waals surface area contributed by atoms with Crippen molar-refractivity contribution in [1.29, 1.82) is 0 Å². The SMILES string of the molecule is CNCCNC(=O)c1cc(C(C)C)nc2c1c(=O)[nH]c(=O)n2CC(C)C.Cl.Cl. The molecule has 0 aliphatic heterocycles. The predicted molar refractivity (Wildman–Crippen MR) is 116 cm³/mol. The second-order valence-corrected chi connectivity index (χ2v) is 7.07. The highest BCUT2D eigenvalue weighted by atomic mass is 35.5. The molecule has 28 heavy (non-hydrogen) atoms. The highest BCUT2D eigenvalue weighted by Crippen LogP contribution is 2.20. The van der Waals surface area contributed by atoms with Crippen molar-refractivity contribution in [3.05, 3.63) is 38.2 Å². The van der Waals surface area contributed by atoms with Crippen LogP contribution in [-0.2, 0) is 6.54 Å². The molecule has 0 aliphatic carbocycles. The Bertz CT molecular complexity index is 922. The molecule has 0 bridgehead atoms. The third-order valence-electron chi connectivity index (χ3n) is 4.01. The predicted octanol–water partition coefficient (Wildman–Crippen LogP) is 1.66. The summed E-state index contributed by atoms with van der Waals surface area (Å²) in [5.74, 6) is -0.126. The summed E-state index contributed by atoms with van der Waals surface area (Å²) in [5, 5.41) is 5.89. The van der Waals surface area contributed by atoms with Crippen LogP contribution in [0.3, 0.4) is 0 Å². The molecule has 2 heterocycles. The monoisotopic (exact) mass is 433 g/mol. The summed E-state index contributed by atoms with van der Waals surface area (Å²) < 4.78 is 1.44. The van der Waals surface area contributed by atoms with Gasteiger partial charge in [0, 0.05) is 25.3 Å². The van der Waals surface area contributed by atoms with Crippen LogP contribution in [0, 0.1) is 5.92 Å². The molecule has 0 radical (unpaired) electrons. The van der Waals surface area contributed by atoms with Crippen molar-refractivity contribution in [2.45, 2.75) is 40.2 Å². The highest BCUT2D eigenvalue weighted by Gasteiger charge is 2.20. The topological polar surface area (TPSA) is 109 Å². The molecule has 2 aromatic rings. The number of aromatic amines is 1. The summed E-state index contributed by atoms with van der Waals surface area (Å²) in [6.45, 7) is 9.30. The molecule has 2 rings (SSSR count). The largest absolute Gasteiger partial charge is 0.351 e. The first kappa shape index (κ1) is 26.1. The molecule has 0 saturated heterocycles. The van der Waals surface area contributed by atoms with Crippen LogP contribution < -0.4 is 21.9 Å². The van der Waals surface area contributed by atoms with Crippen molar-refractivity contribution in [2.75, 3.05) is 20.1 Å². The van der Waals surface area contributed by atoms with Gasteiger partial charge in [-0.1, -0.05) is 27.7 Å². The van der Waals surface area contributed by atoms with Gasteiger partial charge in [-0.05, 0) is 24.9 Å². The maximum absolute atomic E-state index is 12.7. The van der Waals surface area contributed by atoms with Gasteiger partial charge in [0.1, 0.15) is 0 Å². The second-order valence-electron chi connectivity index (χ2n) is 7.07. The van der Waals surface area contributed by atoms with Gasteiger partial charge in [-0.25, -0.2) is 9.78 Å². The lowest BCUT2D eigenvalue weighted by Gasteiger charge is -2.16. The summed E-state index contributed by atoms with van der Waals surface area (Å²) in [7, 11) is 1.79. The smallest absolute Gasteiger partial charge is 0.330 e. The molecule has 0 saturated carbocycles. The minimum absolute atomic E-state index is 0. The first-order valence-corrected chi connectivity index (χ1v) is 8.86. The number of carbonyl (C=O) groups is 1. The Balaban J connectivity index is 0.00000364. The summed E-state index contributed by atoms with van der Waals surface area (Å²) in [4.78, 5) is 44.3. The van der Waals surface area contributed by atoms with Crippen molar-refractivity contribution in [3.63, 3.8) is 0 Å². The lowest BCUT2D eigenvalue weighted by atomic mass is 10.0. The van der Waals surface area contributed by atoms with Crippen molar-refractivity contribution >= 4 is 41.8 Å². The summed E-state index contributed by atoms with van der Waals surface area (Å²) in [5.41, 5.74) is 0.0717. The highest BCUT2D eigenvalue weighted by molar-refractivity contribution is 6.05. The third kappa shape index (κ3) is 5.80. The minimum atomic E-state index is -0.591. The van der Waals surface area contributed by atoms with Crippen LogP contribution in [0.1, 0.15) is 49.7 Å². The van der Waals surface area contributed by atoms with E-state index in [4.69, 9.17) is 0 Å². The Hall–Kier alpha value is -1.90. The normalized spacial score (nSPS) is 10.7. The van der Waals surface area contributed by atoms with E-state index in [2.05, 4.69) is 20.6 Å². The van der Waals surface area contributed by atoms with Gasteiger partial charge < -0.3 is 10.6 Å². The standard InChI is InChI=1S/C18H27N5O3.2ClH/c1-10(2)9-23-15-14(17(25)22-18(23)26)12(8-13(21-15)11(3)4)16(24)20-7-6-19-5;;/h8,10-11,19H,6-7,9H2,1-5H3,(H,20,24)(H,22,25,26);2*1H. The molecule has 1 amide bonds.